The van der Waals surface area contributed by atoms with Gasteiger partial charge < -0.3 is 20.0 Å². The highest BCUT2D eigenvalue weighted by Gasteiger charge is 2.51. The van der Waals surface area contributed by atoms with Crippen molar-refractivity contribution in [3.63, 3.8) is 0 Å². The normalized spacial score (nSPS) is 18.6. The first-order valence-electron chi connectivity index (χ1n) is 7.97. The molecule has 0 spiro atoms. The molecule has 126 valence electrons. The molecule has 2 N–H and O–H groups in total. The predicted molar refractivity (Wildman–Crippen MR) is 96.5 cm³/mol. The Morgan fingerprint density at radius 2 is 1.88 bits per heavy atom. The van der Waals surface area contributed by atoms with Crippen LogP contribution in [0, 0.1) is 5.41 Å². The molecular weight excluding hydrogens is 303 g/mol. The second-order valence-corrected chi connectivity index (χ2v) is 7.11. The molecule has 2 aromatic rings. The van der Waals surface area contributed by atoms with Crippen molar-refractivity contribution in [1.82, 2.24) is 9.78 Å². The van der Waals surface area contributed by atoms with Gasteiger partial charge in [-0.25, -0.2) is 0 Å². The molecular formula is C17H23BN4O2. The van der Waals surface area contributed by atoms with E-state index < -0.39 is 7.12 Å². The average molecular weight is 326 g/mol. The molecule has 1 aliphatic heterocycles. The van der Waals surface area contributed by atoms with Gasteiger partial charge in [-0.3, -0.25) is 4.68 Å². The molecule has 1 fully saturated rings. The van der Waals surface area contributed by atoms with Gasteiger partial charge in [-0.2, -0.15) is 5.10 Å². The van der Waals surface area contributed by atoms with Crippen LogP contribution in [0.4, 0.5) is 11.4 Å². The summed E-state index contributed by atoms with van der Waals surface area (Å²) in [4.78, 5) is 0. The second kappa shape index (κ2) is 5.75. The van der Waals surface area contributed by atoms with E-state index in [2.05, 4.69) is 10.4 Å². The summed E-state index contributed by atoms with van der Waals surface area (Å²) in [6, 6.07) is 5.80. The van der Waals surface area contributed by atoms with Crippen LogP contribution in [0.5, 0.6) is 0 Å². The van der Waals surface area contributed by atoms with Gasteiger partial charge in [0.25, 0.3) is 0 Å². The van der Waals surface area contributed by atoms with E-state index in [4.69, 9.17) is 14.7 Å². The summed E-state index contributed by atoms with van der Waals surface area (Å²) in [7, 11) is 1.44. The van der Waals surface area contributed by atoms with Crippen LogP contribution >= 0.6 is 0 Å². The van der Waals surface area contributed by atoms with Gasteiger partial charge in [0.1, 0.15) is 0 Å². The minimum Gasteiger partial charge on any atom is -0.399 e. The largest absolute Gasteiger partial charge is 0.494 e. The molecule has 0 radical (unpaired) electrons. The topological polar surface area (TPSA) is 72.2 Å². The maximum atomic E-state index is 7.61. The van der Waals surface area contributed by atoms with Crippen molar-refractivity contribution in [2.45, 2.75) is 38.9 Å². The summed E-state index contributed by atoms with van der Waals surface area (Å²) in [5, 5.41) is 15.1. The van der Waals surface area contributed by atoms with E-state index >= 15 is 0 Å². The summed E-state index contributed by atoms with van der Waals surface area (Å²) >= 11 is 0. The Kier molecular flexibility index (Phi) is 4.01. The van der Waals surface area contributed by atoms with Crippen molar-refractivity contribution in [1.29, 1.82) is 5.41 Å². The summed E-state index contributed by atoms with van der Waals surface area (Å²) in [6.45, 7) is 8.14. The van der Waals surface area contributed by atoms with Crippen molar-refractivity contribution < 1.29 is 9.31 Å². The first kappa shape index (κ1) is 16.7. The van der Waals surface area contributed by atoms with Crippen molar-refractivity contribution in [2.24, 2.45) is 7.05 Å². The quantitative estimate of drug-likeness (QED) is 0.669. The lowest BCUT2D eigenvalue weighted by atomic mass is 9.78. The minimum atomic E-state index is -0.427. The van der Waals surface area contributed by atoms with E-state index in [-0.39, 0.29) is 11.2 Å². The van der Waals surface area contributed by atoms with Crippen LogP contribution < -0.4 is 10.8 Å². The highest BCUT2D eigenvalue weighted by molar-refractivity contribution is 6.62. The van der Waals surface area contributed by atoms with Crippen LogP contribution in [0.3, 0.4) is 0 Å². The van der Waals surface area contributed by atoms with Crippen molar-refractivity contribution in [2.75, 3.05) is 5.32 Å². The molecule has 7 heteroatoms. The summed E-state index contributed by atoms with van der Waals surface area (Å²) < 4.78 is 13.9. The van der Waals surface area contributed by atoms with Crippen molar-refractivity contribution in [3.05, 3.63) is 36.2 Å². The smallest absolute Gasteiger partial charge is 0.399 e. The molecule has 0 amide bonds. The molecule has 0 unspecified atom stereocenters. The zero-order chi connectivity index (χ0) is 17.5. The summed E-state index contributed by atoms with van der Waals surface area (Å²) in [6.07, 6.45) is 4.96. The molecule has 6 nitrogen and oxygen atoms in total. The van der Waals surface area contributed by atoms with Crippen molar-refractivity contribution in [3.8, 4) is 0 Å². The first-order chi connectivity index (χ1) is 11.2. The number of rotatable bonds is 4. The predicted octanol–water partition coefficient (Wildman–Crippen LogP) is 2.46. The van der Waals surface area contributed by atoms with Crippen LogP contribution in [-0.2, 0) is 16.4 Å². The third-order valence-corrected chi connectivity index (χ3v) is 4.74. The third kappa shape index (κ3) is 2.97. The van der Waals surface area contributed by atoms with Gasteiger partial charge in [-0.15, -0.1) is 0 Å². The van der Waals surface area contributed by atoms with Crippen LogP contribution in [0.15, 0.2) is 30.6 Å². The maximum Gasteiger partial charge on any atom is 0.494 e. The van der Waals surface area contributed by atoms with Crippen LogP contribution in [0.25, 0.3) is 0 Å². The fourth-order valence-electron chi connectivity index (χ4n) is 2.58. The highest BCUT2D eigenvalue weighted by Crippen LogP contribution is 2.36. The standard InChI is InChI=1S/C17H23BN4O2/c1-16(2)17(3,4)24-18(23-16)13-7-6-12(9-19)15(8-13)21-14-10-20-22(5)11-14/h6-11,19,21H,1-5H3. The van der Waals surface area contributed by atoms with E-state index in [9.17, 15) is 0 Å². The molecule has 2 heterocycles. The zero-order valence-corrected chi connectivity index (χ0v) is 14.8. The van der Waals surface area contributed by atoms with Gasteiger partial charge in [0.05, 0.1) is 23.1 Å². The monoisotopic (exact) mass is 326 g/mol. The number of benzene rings is 1. The van der Waals surface area contributed by atoms with Gasteiger partial charge in [-0.05, 0) is 39.2 Å². The molecule has 24 heavy (non-hydrogen) atoms. The number of aryl methyl sites for hydroxylation is 1. The van der Waals surface area contributed by atoms with Gasteiger partial charge >= 0.3 is 7.12 Å². The Hall–Kier alpha value is -2.12. The number of hydrogen-bond donors (Lipinski definition) is 2. The second-order valence-electron chi connectivity index (χ2n) is 7.11. The Labute approximate surface area is 142 Å². The molecule has 1 saturated heterocycles. The summed E-state index contributed by atoms with van der Waals surface area (Å²) in [5.41, 5.74) is 2.64. The Morgan fingerprint density at radius 1 is 1.21 bits per heavy atom. The minimum absolute atomic E-state index is 0.380. The molecule has 1 aromatic heterocycles. The lowest BCUT2D eigenvalue weighted by Gasteiger charge is -2.32. The molecule has 1 aliphatic rings. The number of hydrogen-bond acceptors (Lipinski definition) is 5. The fourth-order valence-corrected chi connectivity index (χ4v) is 2.58. The lowest BCUT2D eigenvalue weighted by molar-refractivity contribution is 0.00578. The number of anilines is 2. The average Bonchev–Trinajstić information content (AvgIpc) is 2.99. The van der Waals surface area contributed by atoms with Crippen LogP contribution in [0.2, 0.25) is 0 Å². The molecule has 0 bridgehead atoms. The van der Waals surface area contributed by atoms with Crippen molar-refractivity contribution >= 4 is 30.2 Å². The number of nitrogens with one attached hydrogen (secondary N) is 2. The van der Waals surface area contributed by atoms with Crippen LogP contribution in [0.1, 0.15) is 33.3 Å². The lowest BCUT2D eigenvalue weighted by Crippen LogP contribution is -2.41. The first-order valence-corrected chi connectivity index (χ1v) is 7.97. The van der Waals surface area contributed by atoms with E-state index in [1.807, 2.05) is 59.1 Å². The molecule has 3 rings (SSSR count). The molecule has 0 aliphatic carbocycles. The third-order valence-electron chi connectivity index (χ3n) is 4.74. The molecule has 0 atom stereocenters. The highest BCUT2D eigenvalue weighted by atomic mass is 16.7. The van der Waals surface area contributed by atoms with Gasteiger partial charge in [0.15, 0.2) is 0 Å². The van der Waals surface area contributed by atoms with E-state index in [1.54, 1.807) is 10.9 Å². The number of nitrogens with zero attached hydrogens (tertiary/aromatic N) is 2. The van der Waals surface area contributed by atoms with E-state index in [1.165, 1.54) is 6.21 Å². The maximum absolute atomic E-state index is 7.61. The summed E-state index contributed by atoms with van der Waals surface area (Å²) in [5.74, 6) is 0. The zero-order valence-electron chi connectivity index (χ0n) is 14.8. The fraction of sp³-hybridized carbons (Fsp3) is 0.412. The van der Waals surface area contributed by atoms with Gasteiger partial charge in [-0.1, -0.05) is 12.1 Å². The van der Waals surface area contributed by atoms with Gasteiger partial charge in [0, 0.05) is 30.7 Å². The van der Waals surface area contributed by atoms with Gasteiger partial charge in [0.2, 0.25) is 0 Å². The Morgan fingerprint density at radius 3 is 2.42 bits per heavy atom. The SMILES string of the molecule is Cn1cc(Nc2cc(B3OC(C)(C)C(C)(C)O3)ccc2C=N)cn1. The van der Waals surface area contributed by atoms with E-state index in [0.717, 1.165) is 22.4 Å². The number of aromatic nitrogens is 2. The molecule has 0 saturated carbocycles. The van der Waals surface area contributed by atoms with E-state index in [0.29, 0.717) is 0 Å². The molecule has 1 aromatic carbocycles. The Balaban J connectivity index is 1.91. The Bertz CT molecular complexity index is 754. The van der Waals surface area contributed by atoms with Crippen LogP contribution in [-0.4, -0.2) is 34.3 Å².